The number of rotatable bonds is 7. The molecule has 0 saturated heterocycles. The van der Waals surface area contributed by atoms with Crippen LogP contribution in [0.3, 0.4) is 0 Å². The van der Waals surface area contributed by atoms with Crippen LogP contribution in [0.4, 0.5) is 0 Å². The standard InChI is InChI=1S/C19H33N3O2/c20-12-17(14-5-6-14)22-19(24)15-7-9-16(10-8-15)21-18(23)11-13-3-1-2-4-13/h13-17H,1-12,20H2,(H,21,23)(H,22,24). The van der Waals surface area contributed by atoms with E-state index in [4.69, 9.17) is 5.73 Å². The van der Waals surface area contributed by atoms with Gasteiger partial charge in [-0.1, -0.05) is 12.8 Å². The Bertz CT molecular complexity index is 436. The summed E-state index contributed by atoms with van der Waals surface area (Å²) in [4.78, 5) is 24.5. The predicted octanol–water partition coefficient (Wildman–Crippen LogP) is 2.10. The molecule has 4 N–H and O–H groups in total. The Kier molecular flexibility index (Phi) is 6.14. The summed E-state index contributed by atoms with van der Waals surface area (Å²) in [7, 11) is 0. The quantitative estimate of drug-likeness (QED) is 0.666. The monoisotopic (exact) mass is 335 g/mol. The fraction of sp³-hybridized carbons (Fsp3) is 0.895. The Morgan fingerprint density at radius 3 is 2.21 bits per heavy atom. The Morgan fingerprint density at radius 2 is 1.62 bits per heavy atom. The Balaban J connectivity index is 1.35. The van der Waals surface area contributed by atoms with Crippen LogP contribution in [0.1, 0.15) is 70.6 Å². The number of hydrogen-bond donors (Lipinski definition) is 3. The molecule has 0 aromatic heterocycles. The minimum Gasteiger partial charge on any atom is -0.353 e. The van der Waals surface area contributed by atoms with E-state index in [2.05, 4.69) is 10.6 Å². The molecule has 136 valence electrons. The maximum Gasteiger partial charge on any atom is 0.223 e. The molecule has 5 nitrogen and oxygen atoms in total. The van der Waals surface area contributed by atoms with Crippen molar-refractivity contribution < 1.29 is 9.59 Å². The lowest BCUT2D eigenvalue weighted by Gasteiger charge is -2.30. The molecule has 1 atom stereocenters. The smallest absolute Gasteiger partial charge is 0.223 e. The summed E-state index contributed by atoms with van der Waals surface area (Å²) in [5, 5.41) is 6.35. The Morgan fingerprint density at radius 1 is 0.958 bits per heavy atom. The Hall–Kier alpha value is -1.10. The van der Waals surface area contributed by atoms with Gasteiger partial charge in [-0.2, -0.15) is 0 Å². The van der Waals surface area contributed by atoms with Gasteiger partial charge in [0.15, 0.2) is 0 Å². The minimum absolute atomic E-state index is 0.0979. The van der Waals surface area contributed by atoms with E-state index in [0.29, 0.717) is 24.8 Å². The van der Waals surface area contributed by atoms with Gasteiger partial charge in [-0.25, -0.2) is 0 Å². The summed E-state index contributed by atoms with van der Waals surface area (Å²) in [5.41, 5.74) is 5.77. The minimum atomic E-state index is 0.0979. The molecule has 0 aromatic rings. The maximum atomic E-state index is 12.4. The zero-order valence-electron chi connectivity index (χ0n) is 14.8. The van der Waals surface area contributed by atoms with Gasteiger partial charge >= 0.3 is 0 Å². The SMILES string of the molecule is NCC(NC(=O)C1CCC(NC(=O)CC2CCCC2)CC1)C1CC1. The van der Waals surface area contributed by atoms with Gasteiger partial charge in [-0.05, 0) is 63.2 Å². The third-order valence-corrected chi connectivity index (χ3v) is 6.18. The van der Waals surface area contributed by atoms with Crippen molar-refractivity contribution >= 4 is 11.8 Å². The highest BCUT2D eigenvalue weighted by atomic mass is 16.2. The van der Waals surface area contributed by atoms with Gasteiger partial charge in [-0.15, -0.1) is 0 Å². The van der Waals surface area contributed by atoms with Gasteiger partial charge in [0, 0.05) is 31.0 Å². The molecule has 0 heterocycles. The van der Waals surface area contributed by atoms with Crippen LogP contribution in [0, 0.1) is 17.8 Å². The number of carbonyl (C=O) groups is 2. The predicted molar refractivity (Wildman–Crippen MR) is 94.2 cm³/mol. The van der Waals surface area contributed by atoms with E-state index < -0.39 is 0 Å². The van der Waals surface area contributed by atoms with Crippen molar-refractivity contribution in [2.24, 2.45) is 23.5 Å². The summed E-state index contributed by atoms with van der Waals surface area (Å²) in [6.07, 6.45) is 11.7. The largest absolute Gasteiger partial charge is 0.353 e. The maximum absolute atomic E-state index is 12.4. The number of nitrogens with one attached hydrogen (secondary N) is 2. The second-order valence-corrected chi connectivity index (χ2v) is 8.16. The molecule has 0 spiro atoms. The van der Waals surface area contributed by atoms with E-state index in [1.54, 1.807) is 0 Å². The number of nitrogens with two attached hydrogens (primary N) is 1. The van der Waals surface area contributed by atoms with E-state index >= 15 is 0 Å². The molecule has 0 radical (unpaired) electrons. The number of amides is 2. The van der Waals surface area contributed by atoms with Crippen LogP contribution in [-0.4, -0.2) is 30.4 Å². The molecular weight excluding hydrogens is 302 g/mol. The van der Waals surface area contributed by atoms with Crippen molar-refractivity contribution in [2.75, 3.05) is 6.54 Å². The molecule has 3 rings (SSSR count). The van der Waals surface area contributed by atoms with Crippen molar-refractivity contribution in [3.05, 3.63) is 0 Å². The normalized spacial score (nSPS) is 29.2. The average Bonchev–Trinajstić information content (AvgIpc) is 3.30. The molecular formula is C19H33N3O2. The summed E-state index contributed by atoms with van der Waals surface area (Å²) >= 11 is 0. The van der Waals surface area contributed by atoms with Gasteiger partial charge in [0.05, 0.1) is 0 Å². The molecule has 3 aliphatic carbocycles. The summed E-state index contributed by atoms with van der Waals surface area (Å²) in [6.45, 7) is 0.545. The first-order valence-corrected chi connectivity index (χ1v) is 9.95. The molecule has 3 aliphatic rings. The van der Waals surface area contributed by atoms with Gasteiger partial charge in [0.1, 0.15) is 0 Å². The second-order valence-electron chi connectivity index (χ2n) is 8.16. The molecule has 0 aromatic carbocycles. The Labute approximate surface area is 145 Å². The summed E-state index contributed by atoms with van der Waals surface area (Å²) < 4.78 is 0. The van der Waals surface area contributed by atoms with Crippen LogP contribution in [0.15, 0.2) is 0 Å². The third-order valence-electron chi connectivity index (χ3n) is 6.18. The lowest BCUT2D eigenvalue weighted by atomic mass is 9.85. The number of carbonyl (C=O) groups excluding carboxylic acids is 2. The third kappa shape index (κ3) is 4.95. The zero-order valence-corrected chi connectivity index (χ0v) is 14.8. The van der Waals surface area contributed by atoms with Crippen LogP contribution in [0.25, 0.3) is 0 Å². The number of hydrogen-bond acceptors (Lipinski definition) is 3. The molecule has 2 amide bonds. The van der Waals surface area contributed by atoms with E-state index in [0.717, 1.165) is 25.7 Å². The molecule has 3 saturated carbocycles. The first-order valence-electron chi connectivity index (χ1n) is 9.95. The average molecular weight is 335 g/mol. The van der Waals surface area contributed by atoms with Crippen LogP contribution in [0.2, 0.25) is 0 Å². The molecule has 5 heteroatoms. The van der Waals surface area contributed by atoms with Crippen molar-refractivity contribution in [1.82, 2.24) is 10.6 Å². The lowest BCUT2D eigenvalue weighted by Crippen LogP contribution is -2.46. The van der Waals surface area contributed by atoms with E-state index in [-0.39, 0.29) is 29.8 Å². The van der Waals surface area contributed by atoms with E-state index in [1.165, 1.54) is 38.5 Å². The van der Waals surface area contributed by atoms with Gasteiger partial charge in [0.25, 0.3) is 0 Å². The second kappa shape index (κ2) is 8.32. The fourth-order valence-electron chi connectivity index (χ4n) is 4.43. The zero-order chi connectivity index (χ0) is 16.9. The van der Waals surface area contributed by atoms with Crippen LogP contribution >= 0.6 is 0 Å². The van der Waals surface area contributed by atoms with Crippen molar-refractivity contribution in [2.45, 2.75) is 82.7 Å². The first-order chi connectivity index (χ1) is 11.7. The van der Waals surface area contributed by atoms with E-state index in [1.807, 2.05) is 0 Å². The van der Waals surface area contributed by atoms with Gasteiger partial charge in [-0.3, -0.25) is 9.59 Å². The van der Waals surface area contributed by atoms with Crippen molar-refractivity contribution in [3.63, 3.8) is 0 Å². The van der Waals surface area contributed by atoms with Crippen LogP contribution in [-0.2, 0) is 9.59 Å². The summed E-state index contributed by atoms with van der Waals surface area (Å²) in [5.74, 6) is 1.69. The van der Waals surface area contributed by atoms with Gasteiger partial charge < -0.3 is 16.4 Å². The summed E-state index contributed by atoms with van der Waals surface area (Å²) in [6, 6.07) is 0.429. The molecule has 0 bridgehead atoms. The highest BCUT2D eigenvalue weighted by Crippen LogP contribution is 2.33. The van der Waals surface area contributed by atoms with Crippen LogP contribution < -0.4 is 16.4 Å². The first kappa shape index (κ1) is 17.7. The van der Waals surface area contributed by atoms with Crippen LogP contribution in [0.5, 0.6) is 0 Å². The molecule has 0 aliphatic heterocycles. The molecule has 3 fully saturated rings. The highest BCUT2D eigenvalue weighted by molar-refractivity contribution is 5.79. The topological polar surface area (TPSA) is 84.2 Å². The molecule has 1 unspecified atom stereocenters. The highest BCUT2D eigenvalue weighted by Gasteiger charge is 2.34. The van der Waals surface area contributed by atoms with Crippen molar-refractivity contribution in [3.8, 4) is 0 Å². The fourth-order valence-corrected chi connectivity index (χ4v) is 4.43. The molecule has 24 heavy (non-hydrogen) atoms. The van der Waals surface area contributed by atoms with E-state index in [9.17, 15) is 9.59 Å². The van der Waals surface area contributed by atoms with Gasteiger partial charge in [0.2, 0.25) is 11.8 Å². The van der Waals surface area contributed by atoms with Crippen molar-refractivity contribution in [1.29, 1.82) is 0 Å². The lowest BCUT2D eigenvalue weighted by molar-refractivity contribution is -0.127.